The summed E-state index contributed by atoms with van der Waals surface area (Å²) in [6, 6.07) is 67.2. The van der Waals surface area contributed by atoms with Gasteiger partial charge in [0.05, 0.1) is 0 Å². The van der Waals surface area contributed by atoms with Gasteiger partial charge in [-0.15, -0.1) is 0 Å². The van der Waals surface area contributed by atoms with Crippen LogP contribution in [0.3, 0.4) is 0 Å². The van der Waals surface area contributed by atoms with Crippen LogP contribution in [0.25, 0.3) is 0 Å². The molecule has 0 saturated carbocycles. The second-order valence-electron chi connectivity index (χ2n) is 17.2. The number of nitrogens with zero attached hydrogens (tertiary/aromatic N) is 3. The molecule has 0 aliphatic heterocycles. The van der Waals surface area contributed by atoms with E-state index in [-0.39, 0.29) is 0 Å². The van der Waals surface area contributed by atoms with E-state index in [0.717, 1.165) is 53.4 Å². The molecule has 0 bridgehead atoms. The summed E-state index contributed by atoms with van der Waals surface area (Å²) < 4.78 is 0. The monoisotopic (exact) mass is 980 g/mol. The molecule has 0 fully saturated rings. The van der Waals surface area contributed by atoms with E-state index in [0.29, 0.717) is 0 Å². The number of hydrogen-bond donors (Lipinski definition) is 6. The minimum atomic E-state index is 0.802. The van der Waals surface area contributed by atoms with Crippen molar-refractivity contribution in [3.63, 3.8) is 0 Å². The van der Waals surface area contributed by atoms with Gasteiger partial charge in [-0.2, -0.15) is 0 Å². The molecule has 0 aliphatic carbocycles. The van der Waals surface area contributed by atoms with Gasteiger partial charge in [-0.05, 0) is 174 Å². The first-order chi connectivity index (χ1) is 35.3. The topological polar surface area (TPSA) is 110 Å². The number of hydrogen-bond acceptors (Lipinski definition) is 9. The number of anilines is 10. The fourth-order valence-electron chi connectivity index (χ4n) is 7.23. The molecule has 8 aromatic carbocycles. The van der Waals surface area contributed by atoms with Gasteiger partial charge in [-0.25, -0.2) is 0 Å². The summed E-state index contributed by atoms with van der Waals surface area (Å²) in [7, 11) is 18.1. The lowest BCUT2D eigenvalue weighted by Crippen LogP contribution is -2.12. The summed E-state index contributed by atoms with van der Waals surface area (Å²) in [4.78, 5) is 6.41. The molecule has 0 saturated heterocycles. The molecule has 0 spiro atoms. The fraction of sp³-hybridized carbons (Fsp3) is 0.250. The zero-order valence-corrected chi connectivity index (χ0v) is 46.1. The van der Waals surface area contributed by atoms with Gasteiger partial charge in [0, 0.05) is 120 Å². The summed E-state index contributed by atoms with van der Waals surface area (Å²) in [5.74, 6) is 0. The lowest BCUT2D eigenvalue weighted by atomic mass is 10.0. The van der Waals surface area contributed by atoms with Gasteiger partial charge in [-0.1, -0.05) is 100 Å². The number of nitrogens with one attached hydrogen (secondary N) is 4. The quantitative estimate of drug-likeness (QED) is 0.0594. The van der Waals surface area contributed by atoms with Crippen molar-refractivity contribution in [1.29, 1.82) is 0 Å². The van der Waals surface area contributed by atoms with Crippen molar-refractivity contribution in [2.75, 3.05) is 111 Å². The van der Waals surface area contributed by atoms with Crippen molar-refractivity contribution in [2.24, 2.45) is 0 Å². The van der Waals surface area contributed by atoms with Gasteiger partial charge in [0.15, 0.2) is 0 Å². The van der Waals surface area contributed by atoms with E-state index in [1.165, 1.54) is 56.1 Å². The fourth-order valence-corrected chi connectivity index (χ4v) is 7.23. The van der Waals surface area contributed by atoms with E-state index >= 15 is 0 Å². The number of nitrogen functional groups attached to an aromatic ring is 2. The molecule has 0 aliphatic rings. The van der Waals surface area contributed by atoms with Gasteiger partial charge in [0.2, 0.25) is 0 Å². The Morgan fingerprint density at radius 1 is 0.274 bits per heavy atom. The number of nitrogens with two attached hydrogens (primary N) is 2. The third-order valence-corrected chi connectivity index (χ3v) is 11.7. The van der Waals surface area contributed by atoms with Gasteiger partial charge in [0.25, 0.3) is 0 Å². The maximum Gasteiger partial charge on any atom is 0.0409 e. The third kappa shape index (κ3) is 21.1. The van der Waals surface area contributed by atoms with E-state index in [4.69, 9.17) is 11.5 Å². The Hall–Kier alpha value is -8.04. The van der Waals surface area contributed by atoms with Gasteiger partial charge in [-0.3, -0.25) is 0 Å². The highest BCUT2D eigenvalue weighted by Gasteiger charge is 2.06. The van der Waals surface area contributed by atoms with Crippen molar-refractivity contribution >= 4 is 56.9 Å². The molecule has 9 nitrogen and oxygen atoms in total. The van der Waals surface area contributed by atoms with Crippen LogP contribution in [0.4, 0.5) is 56.9 Å². The second-order valence-corrected chi connectivity index (χ2v) is 17.2. The Bertz CT molecular complexity index is 2370. The lowest BCUT2D eigenvalue weighted by Gasteiger charge is -2.22. The predicted octanol–water partition coefficient (Wildman–Crippen LogP) is 14.8. The minimum Gasteiger partial charge on any atom is -0.399 e. The van der Waals surface area contributed by atoms with E-state index in [1.807, 2.05) is 104 Å². The summed E-state index contributed by atoms with van der Waals surface area (Å²) in [6.45, 7) is 8.00. The predicted molar refractivity (Wildman–Crippen MR) is 326 cm³/mol. The van der Waals surface area contributed by atoms with Gasteiger partial charge < -0.3 is 47.4 Å². The van der Waals surface area contributed by atoms with Crippen molar-refractivity contribution in [3.8, 4) is 0 Å². The molecule has 73 heavy (non-hydrogen) atoms. The summed E-state index contributed by atoms with van der Waals surface area (Å²) in [5, 5.41) is 12.5. The van der Waals surface area contributed by atoms with Crippen molar-refractivity contribution < 1.29 is 0 Å². The first-order valence-corrected chi connectivity index (χ1v) is 25.4. The molecule has 0 amide bonds. The van der Waals surface area contributed by atoms with Gasteiger partial charge >= 0.3 is 0 Å². The van der Waals surface area contributed by atoms with Crippen molar-refractivity contribution in [3.05, 3.63) is 228 Å². The smallest absolute Gasteiger partial charge is 0.0409 e. The average Bonchev–Trinajstić information content (AvgIpc) is 3.44. The third-order valence-electron chi connectivity index (χ3n) is 11.7. The van der Waals surface area contributed by atoms with Crippen LogP contribution in [-0.2, 0) is 19.3 Å². The van der Waals surface area contributed by atoms with Crippen LogP contribution < -0.4 is 47.4 Å². The average molecular weight is 980 g/mol. The molecule has 9 heteroatoms. The maximum atomic E-state index is 5.62. The highest BCUT2D eigenvalue weighted by atomic mass is 15.1. The Kier molecular flexibility index (Phi) is 26.6. The van der Waals surface area contributed by atoms with Crippen LogP contribution in [0, 0.1) is 0 Å². The van der Waals surface area contributed by atoms with Crippen molar-refractivity contribution in [2.45, 2.75) is 47.0 Å². The molecule has 8 aromatic rings. The highest BCUT2D eigenvalue weighted by Crippen LogP contribution is 2.27. The second kappa shape index (κ2) is 32.8. The number of benzene rings is 8. The molecule has 8 rings (SSSR count). The minimum absolute atomic E-state index is 0.802. The van der Waals surface area contributed by atoms with E-state index in [9.17, 15) is 0 Å². The Morgan fingerprint density at radius 2 is 0.452 bits per heavy atom. The number of rotatable bonds is 14. The molecule has 0 unspecified atom stereocenters. The normalized spacial score (nSPS) is 9.71. The van der Waals surface area contributed by atoms with Crippen LogP contribution in [0.15, 0.2) is 194 Å². The van der Waals surface area contributed by atoms with Crippen molar-refractivity contribution in [1.82, 2.24) is 0 Å². The zero-order chi connectivity index (χ0) is 53.5. The maximum absolute atomic E-state index is 5.62. The molecular weight excluding hydrogens is 895 g/mol. The van der Waals surface area contributed by atoms with Crippen LogP contribution >= 0.6 is 0 Å². The van der Waals surface area contributed by atoms with Gasteiger partial charge in [0.1, 0.15) is 0 Å². The summed E-state index contributed by atoms with van der Waals surface area (Å²) in [5.41, 5.74) is 30.1. The van der Waals surface area contributed by atoms with E-state index < -0.39 is 0 Å². The van der Waals surface area contributed by atoms with E-state index in [1.54, 1.807) is 0 Å². The highest BCUT2D eigenvalue weighted by molar-refractivity contribution is 5.67. The first-order valence-electron chi connectivity index (χ1n) is 25.4. The largest absolute Gasteiger partial charge is 0.399 e. The summed E-state index contributed by atoms with van der Waals surface area (Å²) in [6.07, 6.45) is 2.88. The SMILES string of the molecule is CC.CC.CN(C)c1ccc(N(C)c2ccc(N(C)C)cc2)cc1.CNc1ccc(Cc2ccc(NC)cc2)cc1.CNc1ccc(Cc2ccc(NC)cc2)cc1.Nc1ccc(Cc2ccc(N)cc2)cc1. The molecule has 0 atom stereocenters. The van der Waals surface area contributed by atoms with Crippen LogP contribution in [0.2, 0.25) is 0 Å². The Balaban J connectivity index is 0.000000252. The van der Waals surface area contributed by atoms with Crippen LogP contribution in [-0.4, -0.2) is 63.4 Å². The molecular formula is C64H85N9. The molecule has 0 radical (unpaired) electrons. The standard InChI is InChI=1S/C17H23N3.2C15H18N2.C13H14N2.2C2H6/c1-18(2)14-6-10-16(11-7-14)20(5)17-12-8-15(9-13-17)19(3)4;2*1-16-14-7-3-12(4-8-14)11-13-5-9-15(17-2)10-6-13;14-12-5-1-10(2-6-12)9-11-3-7-13(15)8-4-11;2*1-2/h6-13H,1-5H3;2*3-10,16-17H,11H2,1-2H3;1-8H,9,14-15H2;2*1-2H3. The Morgan fingerprint density at radius 3 is 0.630 bits per heavy atom. The molecule has 0 heterocycles. The van der Waals surface area contributed by atoms with Crippen LogP contribution in [0.1, 0.15) is 61.1 Å². The zero-order valence-electron chi connectivity index (χ0n) is 46.1. The lowest BCUT2D eigenvalue weighted by molar-refractivity contribution is 1.12. The summed E-state index contributed by atoms with van der Waals surface area (Å²) >= 11 is 0. The Labute approximate surface area is 440 Å². The molecule has 386 valence electrons. The van der Waals surface area contributed by atoms with Crippen LogP contribution in [0.5, 0.6) is 0 Å². The first kappa shape index (κ1) is 59.3. The van der Waals surface area contributed by atoms with E-state index in [2.05, 4.69) is 217 Å². The molecule has 8 N–H and O–H groups in total. The molecule has 0 aromatic heterocycles.